The molecule has 1 aliphatic heterocycles. The van der Waals surface area contributed by atoms with Crippen molar-refractivity contribution in [3.8, 4) is 0 Å². The van der Waals surface area contributed by atoms with E-state index in [1.165, 1.54) is 0 Å². The van der Waals surface area contributed by atoms with E-state index in [0.29, 0.717) is 10.6 Å². The number of carbonyl (C=O) groups excluding carboxylic acids is 1. The molecule has 1 aromatic rings. The number of rotatable bonds is 1. The van der Waals surface area contributed by atoms with Gasteiger partial charge in [-0.3, -0.25) is 4.79 Å². The Morgan fingerprint density at radius 2 is 2.18 bits per heavy atom. The van der Waals surface area contributed by atoms with Gasteiger partial charge in [0.2, 0.25) is 0 Å². The quantitative estimate of drug-likeness (QED) is 0.781. The topological polar surface area (TPSA) is 20.3 Å². The van der Waals surface area contributed by atoms with Gasteiger partial charge in [0.05, 0.1) is 5.02 Å². The number of nitrogens with zero attached hydrogens (tertiary/aromatic N) is 1. The van der Waals surface area contributed by atoms with Crippen LogP contribution in [0.15, 0.2) is 22.7 Å². The van der Waals surface area contributed by atoms with Crippen molar-refractivity contribution in [3.63, 3.8) is 0 Å². The monoisotopic (exact) mass is 333 g/mol. The maximum absolute atomic E-state index is 12.3. The molecule has 1 aromatic carbocycles. The van der Waals surface area contributed by atoms with Gasteiger partial charge < -0.3 is 4.90 Å². The van der Waals surface area contributed by atoms with Crippen LogP contribution in [0.4, 0.5) is 0 Å². The number of hydrogen-bond acceptors (Lipinski definition) is 2. The standard InChI is InChI=1S/C12H13BrClNOS/c13-10-3-2-9(8-11(10)14)12(16)15-4-1-6-17-7-5-15/h2-3,8H,1,4-7H2. The molecular formula is C12H13BrClNOS. The third kappa shape index (κ3) is 3.39. The number of thioether (sulfide) groups is 1. The first-order valence-electron chi connectivity index (χ1n) is 5.50. The summed E-state index contributed by atoms with van der Waals surface area (Å²) in [7, 11) is 0. The molecule has 2 nitrogen and oxygen atoms in total. The highest BCUT2D eigenvalue weighted by molar-refractivity contribution is 9.10. The zero-order chi connectivity index (χ0) is 12.3. The molecule has 0 N–H and O–H groups in total. The van der Waals surface area contributed by atoms with E-state index in [2.05, 4.69) is 15.9 Å². The number of hydrogen-bond donors (Lipinski definition) is 0. The smallest absolute Gasteiger partial charge is 0.253 e. The van der Waals surface area contributed by atoms with Crippen molar-refractivity contribution >= 4 is 45.2 Å². The molecule has 1 amide bonds. The van der Waals surface area contributed by atoms with Crippen LogP contribution in [-0.2, 0) is 0 Å². The Balaban J connectivity index is 2.14. The summed E-state index contributed by atoms with van der Waals surface area (Å²) < 4.78 is 0.821. The Kier molecular flexibility index (Phi) is 4.77. The van der Waals surface area contributed by atoms with Gasteiger partial charge in [-0.05, 0) is 46.3 Å². The number of amides is 1. The van der Waals surface area contributed by atoms with E-state index in [1.807, 2.05) is 28.8 Å². The Morgan fingerprint density at radius 1 is 1.35 bits per heavy atom. The summed E-state index contributed by atoms with van der Waals surface area (Å²) in [5.74, 6) is 2.25. The maximum atomic E-state index is 12.3. The van der Waals surface area contributed by atoms with Crippen LogP contribution in [0.1, 0.15) is 16.8 Å². The first kappa shape index (κ1) is 13.2. The van der Waals surface area contributed by atoms with Crippen LogP contribution in [0.2, 0.25) is 5.02 Å². The molecule has 0 aromatic heterocycles. The summed E-state index contributed by atoms with van der Waals surface area (Å²) >= 11 is 11.2. The van der Waals surface area contributed by atoms with Gasteiger partial charge in [0.15, 0.2) is 0 Å². The average Bonchev–Trinajstić information content (AvgIpc) is 2.60. The normalized spacial score (nSPS) is 16.7. The predicted octanol–water partition coefficient (Wildman–Crippen LogP) is 3.68. The molecule has 0 bridgehead atoms. The zero-order valence-corrected chi connectivity index (χ0v) is 12.4. The highest BCUT2D eigenvalue weighted by Crippen LogP contribution is 2.24. The maximum Gasteiger partial charge on any atom is 0.253 e. The molecular weight excluding hydrogens is 322 g/mol. The molecule has 1 fully saturated rings. The van der Waals surface area contributed by atoms with Gasteiger partial charge in [-0.1, -0.05) is 11.6 Å². The van der Waals surface area contributed by atoms with Gasteiger partial charge in [0, 0.05) is 28.9 Å². The molecule has 0 radical (unpaired) electrons. The molecule has 17 heavy (non-hydrogen) atoms. The van der Waals surface area contributed by atoms with Crippen LogP contribution >= 0.6 is 39.3 Å². The SMILES string of the molecule is O=C(c1ccc(Br)c(Cl)c1)N1CCCSCC1. The lowest BCUT2D eigenvalue weighted by Crippen LogP contribution is -2.32. The second-order valence-electron chi connectivity index (χ2n) is 3.89. The summed E-state index contributed by atoms with van der Waals surface area (Å²) in [6, 6.07) is 5.37. The summed E-state index contributed by atoms with van der Waals surface area (Å²) in [5.41, 5.74) is 0.671. The number of halogens is 2. The molecule has 0 saturated carbocycles. The summed E-state index contributed by atoms with van der Waals surface area (Å²) in [6.45, 7) is 1.68. The Hall–Kier alpha value is -0.190. The minimum absolute atomic E-state index is 0.0851. The average molecular weight is 335 g/mol. The fourth-order valence-electron chi connectivity index (χ4n) is 1.76. The summed E-state index contributed by atoms with van der Waals surface area (Å²) in [6.07, 6.45) is 1.07. The van der Waals surface area contributed by atoms with Crippen LogP contribution < -0.4 is 0 Å². The van der Waals surface area contributed by atoms with Crippen LogP contribution in [-0.4, -0.2) is 35.4 Å². The number of carbonyl (C=O) groups is 1. The van der Waals surface area contributed by atoms with Crippen molar-refractivity contribution in [1.29, 1.82) is 0 Å². The lowest BCUT2D eigenvalue weighted by Gasteiger charge is -2.20. The lowest BCUT2D eigenvalue weighted by atomic mass is 10.2. The molecule has 1 aliphatic rings. The van der Waals surface area contributed by atoms with Crippen LogP contribution in [0.3, 0.4) is 0 Å². The Labute approximate surface area is 119 Å². The van der Waals surface area contributed by atoms with Gasteiger partial charge in [-0.15, -0.1) is 0 Å². The fourth-order valence-corrected chi connectivity index (χ4v) is 3.07. The molecule has 0 atom stereocenters. The van der Waals surface area contributed by atoms with Crippen molar-refractivity contribution in [3.05, 3.63) is 33.3 Å². The minimum atomic E-state index is 0.0851. The Morgan fingerprint density at radius 3 is 2.94 bits per heavy atom. The van der Waals surface area contributed by atoms with Crippen LogP contribution in [0, 0.1) is 0 Å². The molecule has 0 aliphatic carbocycles. The first-order chi connectivity index (χ1) is 8.18. The molecule has 0 spiro atoms. The largest absolute Gasteiger partial charge is 0.338 e. The summed E-state index contributed by atoms with van der Waals surface area (Å²) in [4.78, 5) is 14.2. The lowest BCUT2D eigenvalue weighted by molar-refractivity contribution is 0.0768. The summed E-state index contributed by atoms with van der Waals surface area (Å²) in [5, 5.41) is 0.583. The van der Waals surface area contributed by atoms with E-state index in [1.54, 1.807) is 6.07 Å². The minimum Gasteiger partial charge on any atom is -0.338 e. The molecule has 1 saturated heterocycles. The van der Waals surface area contributed by atoms with Gasteiger partial charge in [0.25, 0.3) is 5.91 Å². The third-order valence-corrected chi connectivity index (χ3v) is 4.96. The van der Waals surface area contributed by atoms with Crippen molar-refractivity contribution in [2.75, 3.05) is 24.6 Å². The second-order valence-corrected chi connectivity index (χ2v) is 6.37. The fraction of sp³-hybridized carbons (Fsp3) is 0.417. The molecule has 2 rings (SSSR count). The van der Waals surface area contributed by atoms with Gasteiger partial charge in [0.1, 0.15) is 0 Å². The molecule has 92 valence electrons. The van der Waals surface area contributed by atoms with Crippen molar-refractivity contribution in [1.82, 2.24) is 4.90 Å². The van der Waals surface area contributed by atoms with E-state index in [9.17, 15) is 4.79 Å². The van der Waals surface area contributed by atoms with Gasteiger partial charge in [-0.2, -0.15) is 11.8 Å². The van der Waals surface area contributed by atoms with E-state index in [-0.39, 0.29) is 5.91 Å². The third-order valence-electron chi connectivity index (χ3n) is 2.68. The van der Waals surface area contributed by atoms with Crippen molar-refractivity contribution in [2.45, 2.75) is 6.42 Å². The van der Waals surface area contributed by atoms with Crippen molar-refractivity contribution < 1.29 is 4.79 Å². The molecule has 0 unspecified atom stereocenters. The Bertz CT molecular complexity index is 419. The van der Waals surface area contributed by atoms with Crippen LogP contribution in [0.5, 0.6) is 0 Å². The van der Waals surface area contributed by atoms with Crippen molar-refractivity contribution in [2.24, 2.45) is 0 Å². The van der Waals surface area contributed by atoms with E-state index in [0.717, 1.165) is 35.5 Å². The highest BCUT2D eigenvalue weighted by atomic mass is 79.9. The van der Waals surface area contributed by atoms with Crippen LogP contribution in [0.25, 0.3) is 0 Å². The second kappa shape index (κ2) is 6.12. The predicted molar refractivity (Wildman–Crippen MR) is 77.0 cm³/mol. The highest BCUT2D eigenvalue weighted by Gasteiger charge is 2.17. The van der Waals surface area contributed by atoms with E-state index >= 15 is 0 Å². The first-order valence-corrected chi connectivity index (χ1v) is 7.83. The van der Waals surface area contributed by atoms with E-state index in [4.69, 9.17) is 11.6 Å². The zero-order valence-electron chi connectivity index (χ0n) is 9.29. The number of benzene rings is 1. The molecule has 1 heterocycles. The molecule has 5 heteroatoms. The van der Waals surface area contributed by atoms with E-state index < -0.39 is 0 Å². The van der Waals surface area contributed by atoms with Gasteiger partial charge >= 0.3 is 0 Å². The van der Waals surface area contributed by atoms with Gasteiger partial charge in [-0.25, -0.2) is 0 Å².